The van der Waals surface area contributed by atoms with Crippen LogP contribution in [0.4, 0.5) is 11.4 Å². The summed E-state index contributed by atoms with van der Waals surface area (Å²) >= 11 is 0. The molecule has 2 aromatic rings. The zero-order valence-electron chi connectivity index (χ0n) is 13.0. The number of carbonyl (C=O) groups is 1. The minimum absolute atomic E-state index is 0.200. The monoisotopic (exact) mass is 294 g/mol. The molecule has 0 spiro atoms. The van der Waals surface area contributed by atoms with Gasteiger partial charge in [-0.05, 0) is 36.1 Å². The van der Waals surface area contributed by atoms with Gasteiger partial charge in [0.2, 0.25) is 5.91 Å². The largest absolute Gasteiger partial charge is 0.384 e. The Bertz CT molecular complexity index is 666. The number of anilines is 2. The number of nitrogens with one attached hydrogen (secondary N) is 1. The van der Waals surface area contributed by atoms with Crippen LogP contribution in [0.5, 0.6) is 0 Å². The van der Waals surface area contributed by atoms with E-state index in [4.69, 9.17) is 0 Å². The second-order valence-corrected chi connectivity index (χ2v) is 5.61. The van der Waals surface area contributed by atoms with Crippen LogP contribution in [-0.4, -0.2) is 19.0 Å². The van der Waals surface area contributed by atoms with Crippen molar-refractivity contribution >= 4 is 17.3 Å². The molecule has 0 unspecified atom stereocenters. The van der Waals surface area contributed by atoms with Gasteiger partial charge in [0.15, 0.2) is 0 Å². The molecule has 0 radical (unpaired) electrons. The Kier molecular flexibility index (Phi) is 4.42. The molecule has 2 aromatic carbocycles. The van der Waals surface area contributed by atoms with Gasteiger partial charge in [0, 0.05) is 30.9 Å². The van der Waals surface area contributed by atoms with Gasteiger partial charge >= 0.3 is 0 Å². The maximum Gasteiger partial charge on any atom is 0.228 e. The van der Waals surface area contributed by atoms with E-state index in [1.54, 1.807) is 0 Å². The third kappa shape index (κ3) is 2.98. The Morgan fingerprint density at radius 2 is 1.91 bits per heavy atom. The SMILES string of the molecule is CCc1ccccc1NCCC(=O)N1CCc2ccccc21. The minimum atomic E-state index is 0.200. The quantitative estimate of drug-likeness (QED) is 0.913. The van der Waals surface area contributed by atoms with Gasteiger partial charge in [0.05, 0.1) is 0 Å². The van der Waals surface area contributed by atoms with Crippen molar-refractivity contribution in [2.24, 2.45) is 0 Å². The number of aryl methyl sites for hydroxylation is 1. The number of fused-ring (bicyclic) bond motifs is 1. The van der Waals surface area contributed by atoms with Crippen LogP contribution in [0.3, 0.4) is 0 Å². The van der Waals surface area contributed by atoms with Gasteiger partial charge in [-0.2, -0.15) is 0 Å². The molecule has 3 nitrogen and oxygen atoms in total. The highest BCUT2D eigenvalue weighted by atomic mass is 16.2. The lowest BCUT2D eigenvalue weighted by Gasteiger charge is -2.18. The zero-order chi connectivity index (χ0) is 15.4. The van der Waals surface area contributed by atoms with Crippen molar-refractivity contribution in [1.29, 1.82) is 0 Å². The van der Waals surface area contributed by atoms with Crippen LogP contribution >= 0.6 is 0 Å². The van der Waals surface area contributed by atoms with Crippen molar-refractivity contribution in [2.45, 2.75) is 26.2 Å². The number of rotatable bonds is 5. The van der Waals surface area contributed by atoms with Crippen molar-refractivity contribution in [2.75, 3.05) is 23.3 Å². The van der Waals surface area contributed by atoms with Crippen molar-refractivity contribution in [1.82, 2.24) is 0 Å². The number of hydrogen-bond donors (Lipinski definition) is 1. The number of amides is 1. The van der Waals surface area contributed by atoms with Crippen LogP contribution in [0.15, 0.2) is 48.5 Å². The molecule has 3 heteroatoms. The fourth-order valence-electron chi connectivity index (χ4n) is 3.04. The van der Waals surface area contributed by atoms with Crippen molar-refractivity contribution < 1.29 is 4.79 Å². The van der Waals surface area contributed by atoms with Gasteiger partial charge in [-0.1, -0.05) is 43.3 Å². The predicted octanol–water partition coefficient (Wildman–Crippen LogP) is 3.64. The lowest BCUT2D eigenvalue weighted by atomic mass is 10.1. The second-order valence-electron chi connectivity index (χ2n) is 5.61. The molecule has 0 aromatic heterocycles. The smallest absolute Gasteiger partial charge is 0.228 e. The van der Waals surface area contributed by atoms with E-state index in [2.05, 4.69) is 36.5 Å². The standard InChI is InChI=1S/C19H22N2O/c1-2-15-7-3-5-9-17(15)20-13-11-19(22)21-14-12-16-8-4-6-10-18(16)21/h3-10,20H,2,11-14H2,1H3. The summed E-state index contributed by atoms with van der Waals surface area (Å²) in [5.74, 6) is 0.200. The Morgan fingerprint density at radius 3 is 2.77 bits per heavy atom. The highest BCUT2D eigenvalue weighted by Crippen LogP contribution is 2.27. The molecule has 0 saturated heterocycles. The van der Waals surface area contributed by atoms with E-state index in [0.29, 0.717) is 13.0 Å². The van der Waals surface area contributed by atoms with E-state index in [9.17, 15) is 4.79 Å². The molecule has 0 fully saturated rings. The average Bonchev–Trinajstić information content (AvgIpc) is 2.99. The summed E-state index contributed by atoms with van der Waals surface area (Å²) in [6.07, 6.45) is 2.48. The number of para-hydroxylation sites is 2. The van der Waals surface area contributed by atoms with Gasteiger partial charge in [0.1, 0.15) is 0 Å². The minimum Gasteiger partial charge on any atom is -0.384 e. The highest BCUT2D eigenvalue weighted by molar-refractivity contribution is 5.95. The molecular weight excluding hydrogens is 272 g/mol. The fraction of sp³-hybridized carbons (Fsp3) is 0.316. The Balaban J connectivity index is 1.57. The summed E-state index contributed by atoms with van der Waals surface area (Å²) < 4.78 is 0. The lowest BCUT2D eigenvalue weighted by Crippen LogP contribution is -2.30. The van der Waals surface area contributed by atoms with Gasteiger partial charge in [-0.25, -0.2) is 0 Å². The highest BCUT2D eigenvalue weighted by Gasteiger charge is 2.23. The summed E-state index contributed by atoms with van der Waals surface area (Å²) in [5.41, 5.74) is 4.79. The molecule has 1 N–H and O–H groups in total. The van der Waals surface area contributed by atoms with Crippen LogP contribution < -0.4 is 10.2 Å². The van der Waals surface area contributed by atoms with Crippen LogP contribution in [-0.2, 0) is 17.6 Å². The van der Waals surface area contributed by atoms with Gasteiger partial charge in [0.25, 0.3) is 0 Å². The molecule has 1 aliphatic heterocycles. The van der Waals surface area contributed by atoms with E-state index in [1.165, 1.54) is 11.1 Å². The molecule has 0 aliphatic carbocycles. The van der Waals surface area contributed by atoms with Crippen molar-refractivity contribution in [3.8, 4) is 0 Å². The first-order chi connectivity index (χ1) is 10.8. The summed E-state index contributed by atoms with van der Waals surface area (Å²) in [7, 11) is 0. The van der Waals surface area contributed by atoms with E-state index < -0.39 is 0 Å². The van der Waals surface area contributed by atoms with E-state index in [0.717, 1.165) is 30.8 Å². The first-order valence-corrected chi connectivity index (χ1v) is 7.99. The third-order valence-corrected chi connectivity index (χ3v) is 4.24. The zero-order valence-corrected chi connectivity index (χ0v) is 13.0. The average molecular weight is 294 g/mol. The van der Waals surface area contributed by atoms with Crippen LogP contribution in [0.1, 0.15) is 24.5 Å². The molecule has 0 saturated carbocycles. The van der Waals surface area contributed by atoms with Crippen molar-refractivity contribution in [3.63, 3.8) is 0 Å². The van der Waals surface area contributed by atoms with Crippen molar-refractivity contribution in [3.05, 3.63) is 59.7 Å². The molecule has 22 heavy (non-hydrogen) atoms. The predicted molar refractivity (Wildman–Crippen MR) is 91.4 cm³/mol. The first kappa shape index (κ1) is 14.6. The van der Waals surface area contributed by atoms with E-state index in [1.807, 2.05) is 29.2 Å². The molecule has 3 rings (SSSR count). The number of benzene rings is 2. The Labute approximate surface area is 132 Å². The van der Waals surface area contributed by atoms with E-state index >= 15 is 0 Å². The summed E-state index contributed by atoms with van der Waals surface area (Å²) in [6.45, 7) is 3.63. The summed E-state index contributed by atoms with van der Waals surface area (Å²) in [5, 5.41) is 3.40. The normalized spacial score (nSPS) is 13.0. The maximum atomic E-state index is 12.4. The molecule has 114 valence electrons. The van der Waals surface area contributed by atoms with Gasteiger partial charge in [-0.15, -0.1) is 0 Å². The molecular formula is C19H22N2O. The lowest BCUT2D eigenvalue weighted by molar-refractivity contribution is -0.118. The topological polar surface area (TPSA) is 32.3 Å². The summed E-state index contributed by atoms with van der Waals surface area (Å²) in [6, 6.07) is 16.5. The molecule has 0 atom stereocenters. The molecule has 1 aliphatic rings. The van der Waals surface area contributed by atoms with E-state index in [-0.39, 0.29) is 5.91 Å². The molecule has 1 heterocycles. The van der Waals surface area contributed by atoms with Gasteiger partial charge < -0.3 is 10.2 Å². The Hall–Kier alpha value is -2.29. The van der Waals surface area contributed by atoms with Crippen LogP contribution in [0, 0.1) is 0 Å². The summed E-state index contributed by atoms with van der Waals surface area (Å²) in [4.78, 5) is 14.4. The van der Waals surface area contributed by atoms with Crippen LogP contribution in [0.2, 0.25) is 0 Å². The third-order valence-electron chi connectivity index (χ3n) is 4.24. The van der Waals surface area contributed by atoms with Crippen LogP contribution in [0.25, 0.3) is 0 Å². The molecule has 1 amide bonds. The van der Waals surface area contributed by atoms with Gasteiger partial charge in [-0.3, -0.25) is 4.79 Å². The Morgan fingerprint density at radius 1 is 1.14 bits per heavy atom. The fourth-order valence-corrected chi connectivity index (χ4v) is 3.04. The molecule has 0 bridgehead atoms. The number of nitrogens with zero attached hydrogens (tertiary/aromatic N) is 1. The first-order valence-electron chi connectivity index (χ1n) is 7.99. The number of carbonyl (C=O) groups excluding carboxylic acids is 1. The maximum absolute atomic E-state index is 12.4. The second kappa shape index (κ2) is 6.65. The number of hydrogen-bond acceptors (Lipinski definition) is 2.